The lowest BCUT2D eigenvalue weighted by Gasteiger charge is -2.22. The molecule has 1 atom stereocenters. The fourth-order valence-electron chi connectivity index (χ4n) is 3.56. The SMILES string of the molecule is CC(C)c1ccc(C2(C)NC(=O)N(CC(=O)Nc3ccc4c(c3)OCO4)C2=O)cc1. The zero-order chi connectivity index (χ0) is 21.5. The van der Waals surface area contributed by atoms with Gasteiger partial charge in [-0.2, -0.15) is 0 Å². The van der Waals surface area contributed by atoms with Crippen LogP contribution >= 0.6 is 0 Å². The first-order valence-electron chi connectivity index (χ1n) is 9.72. The van der Waals surface area contributed by atoms with E-state index in [-0.39, 0.29) is 6.79 Å². The molecular weight excluding hydrogens is 386 g/mol. The fourth-order valence-corrected chi connectivity index (χ4v) is 3.56. The minimum atomic E-state index is -1.22. The van der Waals surface area contributed by atoms with Gasteiger partial charge >= 0.3 is 6.03 Å². The molecule has 0 radical (unpaired) electrons. The number of carbonyl (C=O) groups is 3. The van der Waals surface area contributed by atoms with Crippen LogP contribution in [0.15, 0.2) is 42.5 Å². The topological polar surface area (TPSA) is 97.0 Å². The van der Waals surface area contributed by atoms with Crippen LogP contribution in [0.3, 0.4) is 0 Å². The molecule has 2 aliphatic rings. The summed E-state index contributed by atoms with van der Waals surface area (Å²) >= 11 is 0. The molecular formula is C22H23N3O5. The van der Waals surface area contributed by atoms with Crippen molar-refractivity contribution in [1.82, 2.24) is 10.2 Å². The smallest absolute Gasteiger partial charge is 0.325 e. The molecule has 0 aromatic heterocycles. The third-order valence-corrected chi connectivity index (χ3v) is 5.39. The van der Waals surface area contributed by atoms with Crippen molar-refractivity contribution in [3.63, 3.8) is 0 Å². The average molecular weight is 409 g/mol. The van der Waals surface area contributed by atoms with Gasteiger partial charge in [0.05, 0.1) is 0 Å². The number of fused-ring (bicyclic) bond motifs is 1. The highest BCUT2D eigenvalue weighted by atomic mass is 16.7. The van der Waals surface area contributed by atoms with E-state index in [9.17, 15) is 14.4 Å². The van der Waals surface area contributed by atoms with Crippen LogP contribution in [0, 0.1) is 0 Å². The van der Waals surface area contributed by atoms with Gasteiger partial charge in [-0.1, -0.05) is 38.1 Å². The third-order valence-electron chi connectivity index (χ3n) is 5.39. The molecule has 0 aliphatic carbocycles. The van der Waals surface area contributed by atoms with Crippen molar-refractivity contribution in [2.45, 2.75) is 32.2 Å². The zero-order valence-electron chi connectivity index (χ0n) is 17.0. The first-order chi connectivity index (χ1) is 14.3. The minimum absolute atomic E-state index is 0.131. The number of ether oxygens (including phenoxy) is 2. The van der Waals surface area contributed by atoms with E-state index in [4.69, 9.17) is 9.47 Å². The second kappa shape index (κ2) is 7.37. The Morgan fingerprint density at radius 1 is 1.13 bits per heavy atom. The van der Waals surface area contributed by atoms with Crippen molar-refractivity contribution in [1.29, 1.82) is 0 Å². The van der Waals surface area contributed by atoms with Crippen LogP contribution in [-0.4, -0.2) is 36.1 Å². The van der Waals surface area contributed by atoms with E-state index in [2.05, 4.69) is 24.5 Å². The number of anilines is 1. The van der Waals surface area contributed by atoms with Gasteiger partial charge in [0, 0.05) is 11.8 Å². The highest BCUT2D eigenvalue weighted by Crippen LogP contribution is 2.34. The van der Waals surface area contributed by atoms with Crippen LogP contribution in [0.4, 0.5) is 10.5 Å². The van der Waals surface area contributed by atoms with Gasteiger partial charge < -0.3 is 20.1 Å². The van der Waals surface area contributed by atoms with Crippen LogP contribution in [0.1, 0.15) is 37.8 Å². The molecule has 0 bridgehead atoms. The monoisotopic (exact) mass is 409 g/mol. The molecule has 0 spiro atoms. The molecule has 2 heterocycles. The highest BCUT2D eigenvalue weighted by Gasteiger charge is 2.49. The molecule has 8 heteroatoms. The van der Waals surface area contributed by atoms with Crippen molar-refractivity contribution >= 4 is 23.5 Å². The van der Waals surface area contributed by atoms with Crippen molar-refractivity contribution in [2.24, 2.45) is 0 Å². The Kier molecular flexibility index (Phi) is 4.85. The van der Waals surface area contributed by atoms with Crippen molar-refractivity contribution in [3.05, 3.63) is 53.6 Å². The van der Waals surface area contributed by atoms with E-state index in [1.54, 1.807) is 25.1 Å². The molecule has 1 fully saturated rings. The van der Waals surface area contributed by atoms with E-state index in [0.717, 1.165) is 10.5 Å². The molecule has 4 rings (SSSR count). The largest absolute Gasteiger partial charge is 0.454 e. The Morgan fingerprint density at radius 2 is 1.83 bits per heavy atom. The Labute approximate surface area is 174 Å². The number of imide groups is 1. The molecule has 2 N–H and O–H groups in total. The quantitative estimate of drug-likeness (QED) is 0.740. The number of nitrogens with zero attached hydrogens (tertiary/aromatic N) is 1. The maximum atomic E-state index is 13.0. The van der Waals surface area contributed by atoms with Crippen LogP contribution in [0.25, 0.3) is 0 Å². The Balaban J connectivity index is 1.46. The second-order valence-corrected chi connectivity index (χ2v) is 7.84. The number of carbonyl (C=O) groups excluding carboxylic acids is 3. The minimum Gasteiger partial charge on any atom is -0.454 e. The molecule has 4 amide bonds. The first kappa shape index (κ1) is 19.8. The summed E-state index contributed by atoms with van der Waals surface area (Å²) in [5.41, 5.74) is 1.08. The number of hydrogen-bond donors (Lipinski definition) is 2. The zero-order valence-corrected chi connectivity index (χ0v) is 17.0. The van der Waals surface area contributed by atoms with Gasteiger partial charge in [0.2, 0.25) is 12.7 Å². The normalized spacial score (nSPS) is 19.9. The van der Waals surface area contributed by atoms with Gasteiger partial charge in [0.25, 0.3) is 5.91 Å². The molecule has 1 unspecified atom stereocenters. The molecule has 1 saturated heterocycles. The number of hydrogen-bond acceptors (Lipinski definition) is 5. The van der Waals surface area contributed by atoms with E-state index in [1.165, 1.54) is 0 Å². The summed E-state index contributed by atoms with van der Waals surface area (Å²) in [6, 6.07) is 11.9. The lowest BCUT2D eigenvalue weighted by atomic mass is 9.90. The van der Waals surface area contributed by atoms with Crippen LogP contribution < -0.4 is 20.1 Å². The number of nitrogens with one attached hydrogen (secondary N) is 2. The van der Waals surface area contributed by atoms with Crippen molar-refractivity contribution in [2.75, 3.05) is 18.7 Å². The summed E-state index contributed by atoms with van der Waals surface area (Å²) in [6.45, 7) is 5.55. The predicted molar refractivity (Wildman–Crippen MR) is 109 cm³/mol. The summed E-state index contributed by atoms with van der Waals surface area (Å²) in [6.07, 6.45) is 0. The van der Waals surface area contributed by atoms with Gasteiger partial charge in [0.1, 0.15) is 12.1 Å². The van der Waals surface area contributed by atoms with Gasteiger partial charge in [-0.15, -0.1) is 0 Å². The van der Waals surface area contributed by atoms with Gasteiger partial charge in [-0.25, -0.2) is 4.79 Å². The molecule has 2 aliphatic heterocycles. The number of amides is 4. The molecule has 2 aromatic rings. The van der Waals surface area contributed by atoms with E-state index in [1.807, 2.05) is 24.3 Å². The van der Waals surface area contributed by atoms with E-state index >= 15 is 0 Å². The van der Waals surface area contributed by atoms with Crippen LogP contribution in [-0.2, 0) is 15.1 Å². The Bertz CT molecular complexity index is 1020. The molecule has 0 saturated carbocycles. The molecule has 30 heavy (non-hydrogen) atoms. The summed E-state index contributed by atoms with van der Waals surface area (Å²) < 4.78 is 10.5. The Hall–Kier alpha value is -3.55. The first-order valence-corrected chi connectivity index (χ1v) is 9.72. The van der Waals surface area contributed by atoms with Gasteiger partial charge in [-0.3, -0.25) is 14.5 Å². The average Bonchev–Trinajstić information content (AvgIpc) is 3.26. The highest BCUT2D eigenvalue weighted by molar-refractivity contribution is 6.10. The summed E-state index contributed by atoms with van der Waals surface area (Å²) in [5.74, 6) is 0.529. The lowest BCUT2D eigenvalue weighted by molar-refractivity contribution is -0.133. The predicted octanol–water partition coefficient (Wildman–Crippen LogP) is 2.94. The lowest BCUT2D eigenvalue weighted by Crippen LogP contribution is -2.42. The maximum absolute atomic E-state index is 13.0. The summed E-state index contributed by atoms with van der Waals surface area (Å²) in [7, 11) is 0. The van der Waals surface area contributed by atoms with Crippen LogP contribution in [0.5, 0.6) is 11.5 Å². The number of benzene rings is 2. The van der Waals surface area contributed by atoms with E-state index < -0.39 is 29.9 Å². The summed E-state index contributed by atoms with van der Waals surface area (Å²) in [5, 5.41) is 5.40. The maximum Gasteiger partial charge on any atom is 0.325 e. The second-order valence-electron chi connectivity index (χ2n) is 7.84. The molecule has 156 valence electrons. The van der Waals surface area contributed by atoms with Gasteiger partial charge in [0.15, 0.2) is 11.5 Å². The standard InChI is InChI=1S/C22H23N3O5/c1-13(2)14-4-6-15(7-5-14)22(3)20(27)25(21(28)24-22)11-19(26)23-16-8-9-17-18(10-16)30-12-29-17/h4-10,13H,11-12H2,1-3H3,(H,23,26)(H,24,28). The van der Waals surface area contributed by atoms with Crippen molar-refractivity contribution in [3.8, 4) is 11.5 Å². The molecule has 8 nitrogen and oxygen atoms in total. The summed E-state index contributed by atoms with van der Waals surface area (Å²) in [4.78, 5) is 38.9. The van der Waals surface area contributed by atoms with Gasteiger partial charge in [-0.05, 0) is 36.1 Å². The van der Waals surface area contributed by atoms with E-state index in [0.29, 0.717) is 28.7 Å². The van der Waals surface area contributed by atoms with Crippen molar-refractivity contribution < 1.29 is 23.9 Å². The number of urea groups is 1. The number of rotatable bonds is 5. The van der Waals surface area contributed by atoms with Crippen LogP contribution in [0.2, 0.25) is 0 Å². The molecule has 2 aromatic carbocycles. The Morgan fingerprint density at radius 3 is 2.53 bits per heavy atom. The fraction of sp³-hybridized carbons (Fsp3) is 0.318. The third kappa shape index (κ3) is 3.45.